The van der Waals surface area contributed by atoms with Gasteiger partial charge in [0.1, 0.15) is 22.6 Å². The zero-order valence-electron chi connectivity index (χ0n) is 20.2. The van der Waals surface area contributed by atoms with Gasteiger partial charge in [-0.1, -0.05) is 11.6 Å². The Morgan fingerprint density at radius 2 is 2.03 bits per heavy atom. The van der Waals surface area contributed by atoms with Gasteiger partial charge in [0.2, 0.25) is 5.95 Å². The fourth-order valence-corrected chi connectivity index (χ4v) is 4.54. The molecule has 0 amide bonds. The summed E-state index contributed by atoms with van der Waals surface area (Å²) >= 11 is 6.43. The maximum absolute atomic E-state index is 6.43. The molecule has 8 nitrogen and oxygen atoms in total. The summed E-state index contributed by atoms with van der Waals surface area (Å²) in [6.45, 7) is 5.34. The molecule has 0 aliphatic carbocycles. The molecule has 3 aromatic rings. The van der Waals surface area contributed by atoms with Crippen LogP contribution in [0.25, 0.3) is 0 Å². The van der Waals surface area contributed by atoms with Crippen molar-refractivity contribution in [3.05, 3.63) is 58.2 Å². The van der Waals surface area contributed by atoms with Crippen LogP contribution in [0.3, 0.4) is 0 Å². The first-order chi connectivity index (χ1) is 17.0. The van der Waals surface area contributed by atoms with Gasteiger partial charge in [0.25, 0.3) is 0 Å². The Kier molecular flexibility index (Phi) is 6.95. The second-order valence-electron chi connectivity index (χ2n) is 9.03. The van der Waals surface area contributed by atoms with Crippen molar-refractivity contribution in [2.24, 2.45) is 0 Å². The molecule has 2 aliphatic heterocycles. The lowest BCUT2D eigenvalue weighted by Gasteiger charge is -2.26. The molecule has 2 aromatic carbocycles. The average Bonchev–Trinajstić information content (AvgIpc) is 3.35. The molecule has 0 radical (unpaired) electrons. The van der Waals surface area contributed by atoms with Crippen molar-refractivity contribution < 1.29 is 14.2 Å². The number of halogens is 1. The van der Waals surface area contributed by atoms with E-state index in [4.69, 9.17) is 25.8 Å². The molecular weight excluding hydrogens is 466 g/mol. The van der Waals surface area contributed by atoms with Gasteiger partial charge in [-0.05, 0) is 67.4 Å². The lowest BCUT2D eigenvalue weighted by molar-refractivity contribution is 0.141. The number of rotatable bonds is 7. The Morgan fingerprint density at radius 1 is 1.14 bits per heavy atom. The predicted octanol–water partition coefficient (Wildman–Crippen LogP) is 5.09. The van der Waals surface area contributed by atoms with E-state index in [0.29, 0.717) is 23.4 Å². The van der Waals surface area contributed by atoms with Gasteiger partial charge in [0.15, 0.2) is 5.82 Å². The third-order valence-corrected chi connectivity index (χ3v) is 6.63. The van der Waals surface area contributed by atoms with Crippen LogP contribution in [0.4, 0.5) is 23.1 Å². The minimum absolute atomic E-state index is 0.110. The van der Waals surface area contributed by atoms with E-state index in [0.717, 1.165) is 61.0 Å². The Labute approximate surface area is 210 Å². The number of benzene rings is 2. The van der Waals surface area contributed by atoms with Gasteiger partial charge < -0.3 is 29.7 Å². The van der Waals surface area contributed by atoms with E-state index in [9.17, 15) is 0 Å². The third kappa shape index (κ3) is 5.45. The second kappa shape index (κ2) is 10.3. The average molecular weight is 496 g/mol. The molecule has 1 saturated heterocycles. The van der Waals surface area contributed by atoms with E-state index in [1.54, 1.807) is 13.3 Å². The summed E-state index contributed by atoms with van der Waals surface area (Å²) in [6.07, 6.45) is 3.62. The van der Waals surface area contributed by atoms with Gasteiger partial charge in [-0.3, -0.25) is 0 Å². The molecule has 0 bridgehead atoms. The van der Waals surface area contributed by atoms with Crippen molar-refractivity contribution in [3.63, 3.8) is 0 Å². The number of anilines is 4. The standard InChI is InChI=1S/C26H30ClN5O3/c1-16-10-19(35-20-7-9-34-15-20)4-5-22(16)29-25-21(27)13-28-26(31-25)30-23-11-18-14-32(2)8-6-17(18)12-24(23)33-3/h4-5,10-13,20H,6-9,14-15H2,1-3H3,(H2,28,29,30,31)/t20-/m0/s1. The topological polar surface area (TPSA) is 80.8 Å². The number of aryl methyl sites for hydroxylation is 1. The van der Waals surface area contributed by atoms with Gasteiger partial charge in [0.05, 0.1) is 32.2 Å². The third-order valence-electron chi connectivity index (χ3n) is 6.36. The number of likely N-dealkylation sites (N-methyl/N-ethyl adjacent to an activating group) is 1. The zero-order chi connectivity index (χ0) is 24.4. The van der Waals surface area contributed by atoms with Gasteiger partial charge in [0, 0.05) is 25.2 Å². The first-order valence-electron chi connectivity index (χ1n) is 11.8. The van der Waals surface area contributed by atoms with Crippen LogP contribution in [0.1, 0.15) is 23.1 Å². The van der Waals surface area contributed by atoms with Crippen LogP contribution in [-0.4, -0.2) is 54.9 Å². The molecular formula is C26H30ClN5O3. The fraction of sp³-hybridized carbons (Fsp3) is 0.385. The largest absolute Gasteiger partial charge is 0.495 e. The van der Waals surface area contributed by atoms with Crippen molar-refractivity contribution in [1.29, 1.82) is 0 Å². The van der Waals surface area contributed by atoms with E-state index in [2.05, 4.69) is 44.7 Å². The summed E-state index contributed by atoms with van der Waals surface area (Å²) in [6, 6.07) is 10.1. The Morgan fingerprint density at radius 3 is 2.80 bits per heavy atom. The summed E-state index contributed by atoms with van der Waals surface area (Å²) in [5.41, 5.74) is 5.32. The lowest BCUT2D eigenvalue weighted by Crippen LogP contribution is -2.26. The fourth-order valence-electron chi connectivity index (χ4n) is 4.41. The minimum Gasteiger partial charge on any atom is -0.495 e. The molecule has 184 valence electrons. The molecule has 2 N–H and O–H groups in total. The van der Waals surface area contributed by atoms with Gasteiger partial charge in [-0.2, -0.15) is 4.98 Å². The quantitative estimate of drug-likeness (QED) is 0.469. The Bertz CT molecular complexity index is 1220. The van der Waals surface area contributed by atoms with E-state index in [1.165, 1.54) is 11.1 Å². The molecule has 0 spiro atoms. The number of hydrogen-bond acceptors (Lipinski definition) is 8. The smallest absolute Gasteiger partial charge is 0.229 e. The number of nitrogens with one attached hydrogen (secondary N) is 2. The molecule has 9 heteroatoms. The van der Waals surface area contributed by atoms with Gasteiger partial charge in [-0.15, -0.1) is 0 Å². The van der Waals surface area contributed by atoms with Crippen molar-refractivity contribution in [2.45, 2.75) is 32.4 Å². The molecule has 3 heterocycles. The van der Waals surface area contributed by atoms with Crippen LogP contribution in [0, 0.1) is 6.92 Å². The molecule has 35 heavy (non-hydrogen) atoms. The number of methoxy groups -OCH3 is 1. The summed E-state index contributed by atoms with van der Waals surface area (Å²) in [5.74, 6) is 2.53. The van der Waals surface area contributed by atoms with Crippen molar-refractivity contribution >= 4 is 34.7 Å². The number of aromatic nitrogens is 2. The molecule has 1 atom stereocenters. The van der Waals surface area contributed by atoms with Crippen molar-refractivity contribution in [3.8, 4) is 11.5 Å². The highest BCUT2D eigenvalue weighted by atomic mass is 35.5. The van der Waals surface area contributed by atoms with Crippen molar-refractivity contribution in [2.75, 3.05) is 44.5 Å². The highest BCUT2D eigenvalue weighted by Crippen LogP contribution is 2.34. The first-order valence-corrected chi connectivity index (χ1v) is 12.2. The summed E-state index contributed by atoms with van der Waals surface area (Å²) < 4.78 is 17.0. The van der Waals surface area contributed by atoms with Crippen LogP contribution < -0.4 is 20.1 Å². The predicted molar refractivity (Wildman–Crippen MR) is 138 cm³/mol. The van der Waals surface area contributed by atoms with E-state index in [-0.39, 0.29) is 6.10 Å². The second-order valence-corrected chi connectivity index (χ2v) is 9.44. The Balaban J connectivity index is 1.34. The SMILES string of the molecule is COc1cc2c(cc1Nc1ncc(Cl)c(Nc3ccc(O[C@H]4CCOC4)cc3C)n1)CN(C)CC2. The molecule has 2 aliphatic rings. The van der Waals surface area contributed by atoms with Crippen LogP contribution in [0.5, 0.6) is 11.5 Å². The van der Waals surface area contributed by atoms with Crippen LogP contribution in [-0.2, 0) is 17.7 Å². The maximum Gasteiger partial charge on any atom is 0.229 e. The zero-order valence-corrected chi connectivity index (χ0v) is 21.0. The van der Waals surface area contributed by atoms with Gasteiger partial charge >= 0.3 is 0 Å². The highest BCUT2D eigenvalue weighted by molar-refractivity contribution is 6.32. The van der Waals surface area contributed by atoms with Gasteiger partial charge in [-0.25, -0.2) is 4.98 Å². The van der Waals surface area contributed by atoms with Crippen molar-refractivity contribution in [1.82, 2.24) is 14.9 Å². The normalized spacial score (nSPS) is 17.7. The van der Waals surface area contributed by atoms with E-state index < -0.39 is 0 Å². The monoisotopic (exact) mass is 495 g/mol. The summed E-state index contributed by atoms with van der Waals surface area (Å²) in [4.78, 5) is 11.3. The summed E-state index contributed by atoms with van der Waals surface area (Å²) in [7, 11) is 3.80. The van der Waals surface area contributed by atoms with Crippen LogP contribution in [0.2, 0.25) is 5.02 Å². The van der Waals surface area contributed by atoms with Crippen LogP contribution in [0.15, 0.2) is 36.5 Å². The van der Waals surface area contributed by atoms with E-state index >= 15 is 0 Å². The summed E-state index contributed by atoms with van der Waals surface area (Å²) in [5, 5.41) is 7.07. The lowest BCUT2D eigenvalue weighted by atomic mass is 9.99. The minimum atomic E-state index is 0.110. The van der Waals surface area contributed by atoms with E-state index in [1.807, 2.05) is 25.1 Å². The highest BCUT2D eigenvalue weighted by Gasteiger charge is 2.19. The molecule has 1 fully saturated rings. The number of fused-ring (bicyclic) bond motifs is 1. The molecule has 1 aromatic heterocycles. The molecule has 0 saturated carbocycles. The number of nitrogens with zero attached hydrogens (tertiary/aromatic N) is 3. The maximum atomic E-state index is 6.43. The van der Waals surface area contributed by atoms with Crippen LogP contribution >= 0.6 is 11.6 Å². The molecule has 5 rings (SSSR count). The molecule has 0 unspecified atom stereocenters. The number of hydrogen-bond donors (Lipinski definition) is 2. The number of ether oxygens (including phenoxy) is 3. The first kappa shape index (κ1) is 23.7. The Hall–Kier alpha value is -3.07.